The summed E-state index contributed by atoms with van der Waals surface area (Å²) in [6.07, 6.45) is 1.67. The van der Waals surface area contributed by atoms with Gasteiger partial charge in [0.15, 0.2) is 0 Å². The predicted molar refractivity (Wildman–Crippen MR) is 76.7 cm³/mol. The second kappa shape index (κ2) is 6.45. The summed E-state index contributed by atoms with van der Waals surface area (Å²) in [5.41, 5.74) is 0.305. The standard InChI is InChI=1S/C13H11ClN2O2S/c14-9-4-5-11(17)10(7-9)16-12(18)8-19-13-3-1-2-6-15-13/h1-7,17H,8H2,(H,16,18). The summed E-state index contributed by atoms with van der Waals surface area (Å²) in [6.45, 7) is 0. The number of hydrogen-bond donors (Lipinski definition) is 2. The van der Waals surface area contributed by atoms with Gasteiger partial charge in [-0.25, -0.2) is 4.98 Å². The summed E-state index contributed by atoms with van der Waals surface area (Å²) in [5.74, 6) is -0.0306. The van der Waals surface area contributed by atoms with Gasteiger partial charge in [0.1, 0.15) is 5.75 Å². The van der Waals surface area contributed by atoms with E-state index in [4.69, 9.17) is 11.6 Å². The first kappa shape index (κ1) is 13.7. The van der Waals surface area contributed by atoms with Gasteiger partial charge in [0.05, 0.1) is 16.5 Å². The second-order valence-electron chi connectivity index (χ2n) is 3.67. The lowest BCUT2D eigenvalue weighted by Crippen LogP contribution is -2.14. The molecule has 0 aliphatic heterocycles. The Balaban J connectivity index is 1.93. The van der Waals surface area contributed by atoms with E-state index in [9.17, 15) is 9.90 Å². The van der Waals surface area contributed by atoms with Gasteiger partial charge in [-0.05, 0) is 30.3 Å². The van der Waals surface area contributed by atoms with E-state index in [0.29, 0.717) is 10.7 Å². The molecule has 0 atom stereocenters. The van der Waals surface area contributed by atoms with E-state index in [0.717, 1.165) is 5.03 Å². The summed E-state index contributed by atoms with van der Waals surface area (Å²) < 4.78 is 0. The Labute approximate surface area is 119 Å². The number of hydrogen-bond acceptors (Lipinski definition) is 4. The molecule has 6 heteroatoms. The fourth-order valence-electron chi connectivity index (χ4n) is 1.37. The van der Waals surface area contributed by atoms with E-state index in [1.807, 2.05) is 18.2 Å². The molecule has 0 fully saturated rings. The summed E-state index contributed by atoms with van der Waals surface area (Å²) in [5, 5.41) is 13.4. The van der Waals surface area contributed by atoms with Crippen LogP contribution in [0.2, 0.25) is 5.02 Å². The molecule has 1 aromatic heterocycles. The van der Waals surface area contributed by atoms with Gasteiger partial charge in [-0.1, -0.05) is 29.4 Å². The lowest BCUT2D eigenvalue weighted by molar-refractivity contribution is -0.113. The van der Waals surface area contributed by atoms with Gasteiger partial charge in [0.25, 0.3) is 0 Å². The molecule has 1 amide bonds. The van der Waals surface area contributed by atoms with Crippen molar-refractivity contribution in [3.8, 4) is 5.75 Å². The highest BCUT2D eigenvalue weighted by Crippen LogP contribution is 2.26. The van der Waals surface area contributed by atoms with Crippen molar-refractivity contribution in [2.45, 2.75) is 5.03 Å². The molecule has 1 heterocycles. The Hall–Kier alpha value is -1.72. The molecule has 0 saturated carbocycles. The van der Waals surface area contributed by atoms with E-state index in [2.05, 4.69) is 10.3 Å². The number of anilines is 1. The van der Waals surface area contributed by atoms with Gasteiger partial charge in [0, 0.05) is 11.2 Å². The zero-order valence-corrected chi connectivity index (χ0v) is 11.4. The average molecular weight is 295 g/mol. The molecule has 0 spiro atoms. The summed E-state index contributed by atoms with van der Waals surface area (Å²) in [4.78, 5) is 15.8. The van der Waals surface area contributed by atoms with Crippen molar-refractivity contribution >= 4 is 35.0 Å². The molecule has 2 rings (SSSR count). The van der Waals surface area contributed by atoms with E-state index in [-0.39, 0.29) is 17.4 Å². The number of nitrogens with zero attached hydrogens (tertiary/aromatic N) is 1. The van der Waals surface area contributed by atoms with Gasteiger partial charge in [-0.3, -0.25) is 4.79 Å². The average Bonchev–Trinajstić information content (AvgIpc) is 2.42. The van der Waals surface area contributed by atoms with Crippen molar-refractivity contribution in [2.24, 2.45) is 0 Å². The van der Waals surface area contributed by atoms with Crippen molar-refractivity contribution in [1.82, 2.24) is 4.98 Å². The maximum absolute atomic E-state index is 11.7. The van der Waals surface area contributed by atoms with Crippen LogP contribution >= 0.6 is 23.4 Å². The van der Waals surface area contributed by atoms with E-state index < -0.39 is 0 Å². The van der Waals surface area contributed by atoms with Crippen molar-refractivity contribution < 1.29 is 9.90 Å². The summed E-state index contributed by atoms with van der Waals surface area (Å²) in [7, 11) is 0. The fourth-order valence-corrected chi connectivity index (χ4v) is 2.20. The highest BCUT2D eigenvalue weighted by atomic mass is 35.5. The number of rotatable bonds is 4. The molecule has 0 aliphatic carbocycles. The maximum atomic E-state index is 11.7. The molecule has 0 radical (unpaired) electrons. The Bertz CT molecular complexity index is 578. The van der Waals surface area contributed by atoms with Crippen molar-refractivity contribution in [3.63, 3.8) is 0 Å². The first-order valence-corrected chi connectivity index (χ1v) is 6.84. The summed E-state index contributed by atoms with van der Waals surface area (Å²) in [6, 6.07) is 9.98. The number of phenols is 1. The molecule has 98 valence electrons. The number of aromatic hydroxyl groups is 1. The molecule has 19 heavy (non-hydrogen) atoms. The number of halogens is 1. The number of nitrogens with one attached hydrogen (secondary N) is 1. The van der Waals surface area contributed by atoms with Crippen LogP contribution in [0.5, 0.6) is 5.75 Å². The van der Waals surface area contributed by atoms with E-state index >= 15 is 0 Å². The van der Waals surface area contributed by atoms with Gasteiger partial charge >= 0.3 is 0 Å². The van der Waals surface area contributed by atoms with Crippen LogP contribution in [-0.2, 0) is 4.79 Å². The van der Waals surface area contributed by atoms with Gasteiger partial charge < -0.3 is 10.4 Å². The number of carbonyl (C=O) groups is 1. The van der Waals surface area contributed by atoms with Gasteiger partial charge in [0.2, 0.25) is 5.91 Å². The highest BCUT2D eigenvalue weighted by Gasteiger charge is 2.08. The van der Waals surface area contributed by atoms with Crippen LogP contribution in [0.15, 0.2) is 47.6 Å². The van der Waals surface area contributed by atoms with Crippen LogP contribution in [0.3, 0.4) is 0 Å². The molecule has 2 N–H and O–H groups in total. The lowest BCUT2D eigenvalue weighted by Gasteiger charge is -2.07. The fraction of sp³-hybridized carbons (Fsp3) is 0.0769. The van der Waals surface area contributed by atoms with Crippen LogP contribution < -0.4 is 5.32 Å². The number of pyridine rings is 1. The Morgan fingerprint density at radius 2 is 2.21 bits per heavy atom. The van der Waals surface area contributed by atoms with Crippen LogP contribution in [0.25, 0.3) is 0 Å². The monoisotopic (exact) mass is 294 g/mol. The Morgan fingerprint density at radius 1 is 1.37 bits per heavy atom. The van der Waals surface area contributed by atoms with E-state index in [1.165, 1.54) is 23.9 Å². The number of carbonyl (C=O) groups excluding carboxylic acids is 1. The number of thioether (sulfide) groups is 1. The van der Waals surface area contributed by atoms with E-state index in [1.54, 1.807) is 12.3 Å². The molecule has 0 unspecified atom stereocenters. The van der Waals surface area contributed by atoms with Crippen LogP contribution in [0, 0.1) is 0 Å². The smallest absolute Gasteiger partial charge is 0.234 e. The zero-order valence-electron chi connectivity index (χ0n) is 9.84. The van der Waals surface area contributed by atoms with Gasteiger partial charge in [-0.2, -0.15) is 0 Å². The Morgan fingerprint density at radius 3 is 2.95 bits per heavy atom. The highest BCUT2D eigenvalue weighted by molar-refractivity contribution is 7.99. The van der Waals surface area contributed by atoms with Crippen LogP contribution in [0.4, 0.5) is 5.69 Å². The number of benzene rings is 1. The maximum Gasteiger partial charge on any atom is 0.234 e. The second-order valence-corrected chi connectivity index (χ2v) is 5.10. The molecule has 0 saturated heterocycles. The Kier molecular flexibility index (Phi) is 4.65. The summed E-state index contributed by atoms with van der Waals surface area (Å²) >= 11 is 7.12. The minimum atomic E-state index is -0.229. The number of aromatic nitrogens is 1. The van der Waals surface area contributed by atoms with Crippen LogP contribution in [-0.4, -0.2) is 21.8 Å². The molecular weight excluding hydrogens is 284 g/mol. The minimum Gasteiger partial charge on any atom is -0.506 e. The van der Waals surface area contributed by atoms with Crippen molar-refractivity contribution in [1.29, 1.82) is 0 Å². The van der Waals surface area contributed by atoms with Crippen molar-refractivity contribution in [3.05, 3.63) is 47.6 Å². The topological polar surface area (TPSA) is 62.2 Å². The first-order chi connectivity index (χ1) is 9.15. The molecule has 2 aromatic rings. The normalized spacial score (nSPS) is 10.2. The first-order valence-electron chi connectivity index (χ1n) is 5.47. The third-order valence-electron chi connectivity index (χ3n) is 2.22. The zero-order chi connectivity index (χ0) is 13.7. The molecule has 0 bridgehead atoms. The van der Waals surface area contributed by atoms with Crippen LogP contribution in [0.1, 0.15) is 0 Å². The number of phenolic OH excluding ortho intramolecular Hbond substituents is 1. The quantitative estimate of drug-likeness (QED) is 0.671. The number of amides is 1. The van der Waals surface area contributed by atoms with Gasteiger partial charge in [-0.15, -0.1) is 0 Å². The largest absolute Gasteiger partial charge is 0.506 e. The SMILES string of the molecule is O=C(CSc1ccccn1)Nc1cc(Cl)ccc1O. The molecular formula is C13H11ClN2O2S. The predicted octanol–water partition coefficient (Wildman–Crippen LogP) is 3.17. The molecule has 4 nitrogen and oxygen atoms in total. The minimum absolute atomic E-state index is 0.0133. The molecule has 1 aromatic carbocycles. The lowest BCUT2D eigenvalue weighted by atomic mass is 10.3. The molecule has 0 aliphatic rings. The van der Waals surface area contributed by atoms with Crippen molar-refractivity contribution in [2.75, 3.05) is 11.1 Å². The third kappa shape index (κ3) is 4.15. The third-order valence-corrected chi connectivity index (χ3v) is 3.40.